The lowest BCUT2D eigenvalue weighted by atomic mass is 9.94. The fourth-order valence-electron chi connectivity index (χ4n) is 3.89. The fraction of sp³-hybridized carbons (Fsp3) is 0.889. The first-order valence-electron chi connectivity index (χ1n) is 8.82. The molecule has 1 nitrogen and oxygen atoms in total. The number of fused-ring (bicyclic) bond motifs is 1. The van der Waals surface area contributed by atoms with Crippen LogP contribution in [0.15, 0.2) is 12.2 Å². The van der Waals surface area contributed by atoms with E-state index in [1.165, 1.54) is 83.6 Å². The van der Waals surface area contributed by atoms with Crippen LogP contribution in [0, 0.1) is 0 Å². The Balaban J connectivity index is 1.56. The van der Waals surface area contributed by atoms with Gasteiger partial charge in [0.05, 0.1) is 0 Å². The van der Waals surface area contributed by atoms with Crippen molar-refractivity contribution in [3.63, 3.8) is 0 Å². The molecule has 0 spiro atoms. The van der Waals surface area contributed by atoms with Crippen LogP contribution in [0.2, 0.25) is 0 Å². The predicted molar refractivity (Wildman–Crippen MR) is 84.5 cm³/mol. The first-order valence-corrected chi connectivity index (χ1v) is 8.82. The highest BCUT2D eigenvalue weighted by Gasteiger charge is 2.32. The molecule has 0 aromatic rings. The first kappa shape index (κ1) is 15.1. The van der Waals surface area contributed by atoms with Gasteiger partial charge in [0.1, 0.15) is 0 Å². The number of unbranched alkanes of at least 4 members (excludes halogenated alkanes) is 5. The molecule has 2 fully saturated rings. The maximum atomic E-state index is 2.81. The summed E-state index contributed by atoms with van der Waals surface area (Å²) in [5.74, 6) is 0. The van der Waals surface area contributed by atoms with Crippen LogP contribution in [0.3, 0.4) is 0 Å². The number of piperidine rings is 1. The van der Waals surface area contributed by atoms with Crippen molar-refractivity contribution >= 4 is 0 Å². The quantitative estimate of drug-likeness (QED) is 0.424. The van der Waals surface area contributed by atoms with E-state index in [1.807, 2.05) is 0 Å². The van der Waals surface area contributed by atoms with Crippen molar-refractivity contribution in [1.82, 2.24) is 4.90 Å². The molecule has 2 atom stereocenters. The molecule has 0 unspecified atom stereocenters. The van der Waals surface area contributed by atoms with Crippen LogP contribution in [-0.2, 0) is 0 Å². The molecule has 0 amide bonds. The Morgan fingerprint density at radius 3 is 2.68 bits per heavy atom. The highest BCUT2D eigenvalue weighted by molar-refractivity contribution is 4.94. The normalized spacial score (nSPS) is 28.1. The SMILES string of the molecule is CCCCCCC/C=C\C[C@@H]1CCC[C@@H]2CCCN21. The minimum Gasteiger partial charge on any atom is -0.297 e. The second kappa shape index (κ2) is 8.79. The maximum absolute atomic E-state index is 2.81. The summed E-state index contributed by atoms with van der Waals surface area (Å²) >= 11 is 0. The van der Waals surface area contributed by atoms with E-state index in [-0.39, 0.29) is 0 Å². The Morgan fingerprint density at radius 1 is 0.947 bits per heavy atom. The molecule has 2 heterocycles. The molecule has 110 valence electrons. The van der Waals surface area contributed by atoms with Gasteiger partial charge in [0.25, 0.3) is 0 Å². The van der Waals surface area contributed by atoms with Gasteiger partial charge in [-0.05, 0) is 51.5 Å². The summed E-state index contributed by atoms with van der Waals surface area (Å²) < 4.78 is 0. The van der Waals surface area contributed by atoms with Gasteiger partial charge in [0.2, 0.25) is 0 Å². The molecule has 1 heteroatoms. The molecule has 0 N–H and O–H groups in total. The van der Waals surface area contributed by atoms with Crippen molar-refractivity contribution in [3.8, 4) is 0 Å². The van der Waals surface area contributed by atoms with E-state index < -0.39 is 0 Å². The Morgan fingerprint density at radius 2 is 1.79 bits per heavy atom. The molecule has 2 aliphatic heterocycles. The number of rotatable bonds is 8. The standard InChI is InChI=1S/C18H33N/c1-2-3-4-5-6-7-8-9-12-17-13-10-14-18-15-11-16-19(17)18/h8-9,17-18H,2-7,10-16H2,1H3/b9-8-/t17-,18-/m1/s1. The number of hydrogen-bond acceptors (Lipinski definition) is 1. The lowest BCUT2D eigenvalue weighted by molar-refractivity contribution is 0.124. The molecule has 0 radical (unpaired) electrons. The van der Waals surface area contributed by atoms with Crippen LogP contribution in [0.1, 0.15) is 84.0 Å². The second-order valence-electron chi connectivity index (χ2n) is 6.53. The highest BCUT2D eigenvalue weighted by Crippen LogP contribution is 2.32. The van der Waals surface area contributed by atoms with Gasteiger partial charge in [-0.1, -0.05) is 51.2 Å². The van der Waals surface area contributed by atoms with E-state index in [9.17, 15) is 0 Å². The van der Waals surface area contributed by atoms with Crippen LogP contribution >= 0.6 is 0 Å². The van der Waals surface area contributed by atoms with Crippen LogP contribution in [-0.4, -0.2) is 23.5 Å². The fourth-order valence-corrected chi connectivity index (χ4v) is 3.89. The lowest BCUT2D eigenvalue weighted by Gasteiger charge is -2.37. The molecule has 0 aromatic carbocycles. The Hall–Kier alpha value is -0.300. The highest BCUT2D eigenvalue weighted by atomic mass is 15.2. The van der Waals surface area contributed by atoms with Crippen LogP contribution in [0.5, 0.6) is 0 Å². The van der Waals surface area contributed by atoms with Crippen molar-refractivity contribution in [2.24, 2.45) is 0 Å². The van der Waals surface area contributed by atoms with Crippen molar-refractivity contribution in [3.05, 3.63) is 12.2 Å². The summed E-state index contributed by atoms with van der Waals surface area (Å²) in [5, 5.41) is 0. The number of nitrogens with zero attached hydrogens (tertiary/aromatic N) is 1. The van der Waals surface area contributed by atoms with E-state index >= 15 is 0 Å². The summed E-state index contributed by atoms with van der Waals surface area (Å²) in [6.45, 7) is 3.66. The number of hydrogen-bond donors (Lipinski definition) is 0. The smallest absolute Gasteiger partial charge is 0.0133 e. The average molecular weight is 263 g/mol. The van der Waals surface area contributed by atoms with Crippen LogP contribution in [0.4, 0.5) is 0 Å². The molecule has 2 rings (SSSR count). The topological polar surface area (TPSA) is 3.24 Å². The largest absolute Gasteiger partial charge is 0.297 e. The van der Waals surface area contributed by atoms with Gasteiger partial charge in [-0.25, -0.2) is 0 Å². The van der Waals surface area contributed by atoms with Crippen molar-refractivity contribution in [1.29, 1.82) is 0 Å². The third-order valence-electron chi connectivity index (χ3n) is 5.02. The Kier molecular flexibility index (Phi) is 6.98. The maximum Gasteiger partial charge on any atom is 0.0133 e. The van der Waals surface area contributed by atoms with Gasteiger partial charge in [-0.3, -0.25) is 4.90 Å². The summed E-state index contributed by atoms with van der Waals surface area (Å²) in [5.41, 5.74) is 0. The summed E-state index contributed by atoms with van der Waals surface area (Å²) in [6.07, 6.45) is 21.9. The summed E-state index contributed by atoms with van der Waals surface area (Å²) in [7, 11) is 0. The Labute approximate surface area is 120 Å². The molecular weight excluding hydrogens is 230 g/mol. The van der Waals surface area contributed by atoms with Crippen molar-refractivity contribution in [2.75, 3.05) is 6.54 Å². The van der Waals surface area contributed by atoms with Gasteiger partial charge < -0.3 is 0 Å². The summed E-state index contributed by atoms with van der Waals surface area (Å²) in [6, 6.07) is 1.82. The molecule has 0 aromatic heterocycles. The van der Waals surface area contributed by atoms with E-state index in [2.05, 4.69) is 24.0 Å². The third kappa shape index (κ3) is 4.95. The predicted octanol–water partition coefficient (Wildman–Crippen LogP) is 5.31. The van der Waals surface area contributed by atoms with E-state index in [4.69, 9.17) is 0 Å². The average Bonchev–Trinajstić information content (AvgIpc) is 2.91. The lowest BCUT2D eigenvalue weighted by Crippen LogP contribution is -2.42. The molecule has 0 saturated carbocycles. The zero-order valence-corrected chi connectivity index (χ0v) is 12.9. The number of allylic oxidation sites excluding steroid dienone is 1. The van der Waals surface area contributed by atoms with E-state index in [0.717, 1.165) is 12.1 Å². The zero-order valence-electron chi connectivity index (χ0n) is 12.9. The first-order chi connectivity index (χ1) is 9.42. The minimum atomic E-state index is 0.873. The van der Waals surface area contributed by atoms with Gasteiger partial charge in [-0.2, -0.15) is 0 Å². The van der Waals surface area contributed by atoms with E-state index in [0.29, 0.717) is 0 Å². The van der Waals surface area contributed by atoms with Gasteiger partial charge in [0, 0.05) is 12.1 Å². The van der Waals surface area contributed by atoms with Crippen LogP contribution < -0.4 is 0 Å². The second-order valence-corrected chi connectivity index (χ2v) is 6.53. The van der Waals surface area contributed by atoms with Crippen molar-refractivity contribution in [2.45, 2.75) is 96.1 Å². The van der Waals surface area contributed by atoms with Crippen LogP contribution in [0.25, 0.3) is 0 Å². The van der Waals surface area contributed by atoms with Gasteiger partial charge in [-0.15, -0.1) is 0 Å². The molecular formula is C18H33N. The minimum absolute atomic E-state index is 0.873. The molecule has 2 saturated heterocycles. The third-order valence-corrected chi connectivity index (χ3v) is 5.02. The Bertz CT molecular complexity index is 258. The zero-order chi connectivity index (χ0) is 13.3. The molecule has 19 heavy (non-hydrogen) atoms. The van der Waals surface area contributed by atoms with Gasteiger partial charge >= 0.3 is 0 Å². The molecule has 0 bridgehead atoms. The summed E-state index contributed by atoms with van der Waals surface area (Å²) in [4.78, 5) is 2.81. The molecule has 0 aliphatic carbocycles. The molecule has 2 aliphatic rings. The monoisotopic (exact) mass is 263 g/mol. The van der Waals surface area contributed by atoms with Gasteiger partial charge in [0.15, 0.2) is 0 Å². The van der Waals surface area contributed by atoms with E-state index in [1.54, 1.807) is 0 Å². The van der Waals surface area contributed by atoms with Crippen molar-refractivity contribution < 1.29 is 0 Å².